The molecule has 2 fully saturated rings. The van der Waals surface area contributed by atoms with Crippen molar-refractivity contribution in [1.29, 1.82) is 0 Å². The molecule has 0 aliphatic carbocycles. The van der Waals surface area contributed by atoms with Crippen molar-refractivity contribution in [3.8, 4) is 0 Å². The monoisotopic (exact) mass is 406 g/mol. The molecule has 1 aromatic heterocycles. The topological polar surface area (TPSA) is 55.8 Å². The van der Waals surface area contributed by atoms with Gasteiger partial charge in [0.1, 0.15) is 5.82 Å². The summed E-state index contributed by atoms with van der Waals surface area (Å²) in [5.41, 5.74) is 0. The van der Waals surface area contributed by atoms with E-state index < -0.39 is 0 Å². The third-order valence-electron chi connectivity index (χ3n) is 5.58. The molecule has 3 rings (SSSR count). The molecule has 28 heavy (non-hydrogen) atoms. The lowest BCUT2D eigenvalue weighted by atomic mass is 9.97. The SMILES string of the molecule is CN=C(NCC1CCCN(CC(C)C)C1)NC1CCN(c2ncccc2Cl)C1. The number of pyridine rings is 1. The van der Waals surface area contributed by atoms with Crippen molar-refractivity contribution in [2.75, 3.05) is 51.2 Å². The fourth-order valence-corrected chi connectivity index (χ4v) is 4.55. The van der Waals surface area contributed by atoms with E-state index in [4.69, 9.17) is 11.6 Å². The summed E-state index contributed by atoms with van der Waals surface area (Å²) in [6.45, 7) is 11.1. The molecule has 2 atom stereocenters. The van der Waals surface area contributed by atoms with E-state index in [1.165, 1.54) is 32.5 Å². The number of rotatable bonds is 6. The number of aromatic nitrogens is 1. The Hall–Kier alpha value is -1.53. The van der Waals surface area contributed by atoms with Crippen LogP contribution in [0.25, 0.3) is 0 Å². The first kappa shape index (κ1) is 21.2. The molecular weight excluding hydrogens is 372 g/mol. The summed E-state index contributed by atoms with van der Waals surface area (Å²) >= 11 is 6.30. The lowest BCUT2D eigenvalue weighted by molar-refractivity contribution is 0.159. The Bertz CT molecular complexity index is 650. The Labute approximate surface area is 174 Å². The summed E-state index contributed by atoms with van der Waals surface area (Å²) in [7, 11) is 1.85. The molecule has 0 aromatic carbocycles. The highest BCUT2D eigenvalue weighted by atomic mass is 35.5. The van der Waals surface area contributed by atoms with E-state index >= 15 is 0 Å². The highest BCUT2D eigenvalue weighted by Gasteiger charge is 2.26. The van der Waals surface area contributed by atoms with E-state index in [0.29, 0.717) is 17.0 Å². The Kier molecular flexibility index (Phi) is 7.80. The van der Waals surface area contributed by atoms with Crippen molar-refractivity contribution in [3.05, 3.63) is 23.4 Å². The van der Waals surface area contributed by atoms with Gasteiger partial charge in [0.15, 0.2) is 5.96 Å². The molecule has 156 valence electrons. The van der Waals surface area contributed by atoms with Crippen LogP contribution >= 0.6 is 11.6 Å². The summed E-state index contributed by atoms with van der Waals surface area (Å²) in [6.07, 6.45) is 5.45. The lowest BCUT2D eigenvalue weighted by Crippen LogP contribution is -2.48. The number of guanidine groups is 1. The van der Waals surface area contributed by atoms with Gasteiger partial charge in [-0.3, -0.25) is 4.99 Å². The van der Waals surface area contributed by atoms with E-state index in [1.54, 1.807) is 6.20 Å². The maximum Gasteiger partial charge on any atom is 0.191 e. The molecule has 0 saturated carbocycles. The van der Waals surface area contributed by atoms with Gasteiger partial charge in [0.25, 0.3) is 0 Å². The summed E-state index contributed by atoms with van der Waals surface area (Å²) < 4.78 is 0. The largest absolute Gasteiger partial charge is 0.356 e. The zero-order valence-electron chi connectivity index (χ0n) is 17.5. The predicted molar refractivity (Wildman–Crippen MR) is 118 cm³/mol. The highest BCUT2D eigenvalue weighted by Crippen LogP contribution is 2.25. The first-order valence-electron chi connectivity index (χ1n) is 10.6. The fraction of sp³-hybridized carbons (Fsp3) is 0.714. The minimum absolute atomic E-state index is 0.355. The van der Waals surface area contributed by atoms with E-state index in [-0.39, 0.29) is 0 Å². The average Bonchev–Trinajstić information content (AvgIpc) is 3.13. The molecule has 1 aromatic rings. The number of anilines is 1. The number of likely N-dealkylation sites (tertiary alicyclic amines) is 1. The van der Waals surface area contributed by atoms with E-state index in [2.05, 4.69) is 44.3 Å². The van der Waals surface area contributed by atoms with Crippen molar-refractivity contribution >= 4 is 23.4 Å². The van der Waals surface area contributed by atoms with Gasteiger partial charge in [0.2, 0.25) is 0 Å². The Morgan fingerprint density at radius 3 is 2.93 bits per heavy atom. The average molecular weight is 407 g/mol. The highest BCUT2D eigenvalue weighted by molar-refractivity contribution is 6.32. The van der Waals surface area contributed by atoms with Crippen LogP contribution in [-0.2, 0) is 0 Å². The van der Waals surface area contributed by atoms with Crippen molar-refractivity contribution in [3.63, 3.8) is 0 Å². The summed E-state index contributed by atoms with van der Waals surface area (Å²) in [5, 5.41) is 7.86. The molecule has 0 bridgehead atoms. The second kappa shape index (κ2) is 10.3. The first-order chi connectivity index (χ1) is 13.5. The quantitative estimate of drug-likeness (QED) is 0.562. The van der Waals surface area contributed by atoms with Crippen LogP contribution in [0, 0.1) is 11.8 Å². The van der Waals surface area contributed by atoms with Gasteiger partial charge in [0.05, 0.1) is 5.02 Å². The van der Waals surface area contributed by atoms with Gasteiger partial charge in [0, 0.05) is 52.0 Å². The van der Waals surface area contributed by atoms with Gasteiger partial charge >= 0.3 is 0 Å². The van der Waals surface area contributed by atoms with Crippen LogP contribution in [0.4, 0.5) is 5.82 Å². The molecule has 6 nitrogen and oxygen atoms in total. The van der Waals surface area contributed by atoms with Crippen LogP contribution in [0.15, 0.2) is 23.3 Å². The Balaban J connectivity index is 1.44. The number of hydrogen-bond donors (Lipinski definition) is 2. The van der Waals surface area contributed by atoms with Crippen LogP contribution in [0.2, 0.25) is 5.02 Å². The molecular formula is C21H35ClN6. The molecule has 0 spiro atoms. The Morgan fingerprint density at radius 1 is 1.32 bits per heavy atom. The third kappa shape index (κ3) is 5.98. The number of nitrogens with one attached hydrogen (secondary N) is 2. The van der Waals surface area contributed by atoms with Crippen molar-refractivity contribution in [2.45, 2.75) is 39.2 Å². The maximum absolute atomic E-state index is 6.30. The van der Waals surface area contributed by atoms with Gasteiger partial charge in [-0.1, -0.05) is 25.4 Å². The van der Waals surface area contributed by atoms with Crippen LogP contribution in [-0.4, -0.2) is 68.2 Å². The van der Waals surface area contributed by atoms with E-state index in [0.717, 1.165) is 43.8 Å². The number of nitrogens with zero attached hydrogens (tertiary/aromatic N) is 4. The van der Waals surface area contributed by atoms with Crippen LogP contribution in [0.1, 0.15) is 33.1 Å². The lowest BCUT2D eigenvalue weighted by Gasteiger charge is -2.34. The van der Waals surface area contributed by atoms with E-state index in [9.17, 15) is 0 Å². The molecule has 2 aliphatic rings. The minimum atomic E-state index is 0.355. The second-order valence-corrected chi connectivity index (χ2v) is 8.91. The third-order valence-corrected chi connectivity index (χ3v) is 5.87. The Morgan fingerprint density at radius 2 is 2.18 bits per heavy atom. The smallest absolute Gasteiger partial charge is 0.191 e. The normalized spacial score (nSPS) is 24.0. The molecule has 0 amide bonds. The van der Waals surface area contributed by atoms with Gasteiger partial charge in [-0.15, -0.1) is 0 Å². The number of piperidine rings is 1. The molecule has 2 saturated heterocycles. The zero-order chi connectivity index (χ0) is 19.9. The van der Waals surface area contributed by atoms with Gasteiger partial charge < -0.3 is 20.4 Å². The molecule has 3 heterocycles. The molecule has 7 heteroatoms. The molecule has 2 N–H and O–H groups in total. The maximum atomic E-state index is 6.30. The molecule has 2 unspecified atom stereocenters. The summed E-state index contributed by atoms with van der Waals surface area (Å²) in [5.74, 6) is 3.21. The molecule has 0 radical (unpaired) electrons. The van der Waals surface area contributed by atoms with Crippen LogP contribution in [0.5, 0.6) is 0 Å². The van der Waals surface area contributed by atoms with Crippen molar-refractivity contribution in [1.82, 2.24) is 20.5 Å². The van der Waals surface area contributed by atoms with E-state index in [1.807, 2.05) is 19.2 Å². The first-order valence-corrected chi connectivity index (χ1v) is 11.0. The van der Waals surface area contributed by atoms with Crippen LogP contribution < -0.4 is 15.5 Å². The zero-order valence-corrected chi connectivity index (χ0v) is 18.3. The van der Waals surface area contributed by atoms with Gasteiger partial charge in [-0.25, -0.2) is 4.98 Å². The minimum Gasteiger partial charge on any atom is -0.356 e. The summed E-state index contributed by atoms with van der Waals surface area (Å²) in [4.78, 5) is 13.7. The van der Waals surface area contributed by atoms with Gasteiger partial charge in [-0.2, -0.15) is 0 Å². The number of hydrogen-bond acceptors (Lipinski definition) is 4. The van der Waals surface area contributed by atoms with Crippen molar-refractivity contribution in [2.24, 2.45) is 16.8 Å². The standard InChI is InChI=1S/C21H35ClN6/c1-16(2)13-27-10-5-6-17(14-27)12-25-21(23-3)26-18-8-11-28(15-18)20-19(22)7-4-9-24-20/h4,7,9,16-18H,5-6,8,10-15H2,1-3H3,(H2,23,25,26). The summed E-state index contributed by atoms with van der Waals surface area (Å²) in [6, 6.07) is 4.13. The van der Waals surface area contributed by atoms with Gasteiger partial charge in [-0.05, 0) is 49.8 Å². The second-order valence-electron chi connectivity index (χ2n) is 8.50. The predicted octanol–water partition coefficient (Wildman–Crippen LogP) is 2.85. The molecule has 2 aliphatic heterocycles. The number of halogens is 1. The van der Waals surface area contributed by atoms with Crippen LogP contribution in [0.3, 0.4) is 0 Å². The fourth-order valence-electron chi connectivity index (χ4n) is 4.31. The number of aliphatic imine (C=N–C) groups is 1. The van der Waals surface area contributed by atoms with Crippen molar-refractivity contribution < 1.29 is 0 Å².